The monoisotopic (exact) mass is 366 g/mol. The Balaban J connectivity index is 1.78. The Bertz CT molecular complexity index is 830. The number of unbranched alkanes of at least 4 members (excludes halogenated alkanes) is 1. The van der Waals surface area contributed by atoms with Crippen LogP contribution in [0.1, 0.15) is 49.4 Å². The molecule has 1 heterocycles. The highest BCUT2D eigenvalue weighted by Gasteiger charge is 2.37. The number of hydrogen-bond donors (Lipinski definition) is 1. The van der Waals surface area contributed by atoms with Crippen molar-refractivity contribution in [1.82, 2.24) is 5.32 Å². The second kappa shape index (κ2) is 8.25. The van der Waals surface area contributed by atoms with Gasteiger partial charge in [0.05, 0.1) is 13.2 Å². The van der Waals surface area contributed by atoms with Crippen LogP contribution in [0.5, 0.6) is 5.75 Å². The van der Waals surface area contributed by atoms with Crippen molar-refractivity contribution >= 4 is 17.5 Å². The second-order valence-corrected chi connectivity index (χ2v) is 6.97. The minimum atomic E-state index is -0.617. The van der Waals surface area contributed by atoms with Crippen LogP contribution in [0.25, 0.3) is 0 Å². The SMILES string of the molecule is CCCCOc1ccc(CN2C(=O)C(NC(C)=O)c3cc(C)ccc32)cc1. The molecule has 0 fully saturated rings. The maximum absolute atomic E-state index is 12.9. The molecule has 0 saturated carbocycles. The van der Waals surface area contributed by atoms with Gasteiger partial charge in [-0.25, -0.2) is 0 Å². The van der Waals surface area contributed by atoms with E-state index in [1.807, 2.05) is 49.4 Å². The fraction of sp³-hybridized carbons (Fsp3) is 0.364. The van der Waals surface area contributed by atoms with E-state index in [2.05, 4.69) is 12.2 Å². The Morgan fingerprint density at radius 3 is 2.59 bits per heavy atom. The van der Waals surface area contributed by atoms with Crippen molar-refractivity contribution < 1.29 is 14.3 Å². The number of anilines is 1. The predicted octanol–water partition coefficient (Wildman–Crippen LogP) is 3.90. The van der Waals surface area contributed by atoms with Crippen LogP contribution in [0.15, 0.2) is 42.5 Å². The van der Waals surface area contributed by atoms with Crippen molar-refractivity contribution in [3.8, 4) is 5.75 Å². The molecule has 1 N–H and O–H groups in total. The van der Waals surface area contributed by atoms with E-state index in [-0.39, 0.29) is 11.8 Å². The number of carbonyl (C=O) groups is 2. The van der Waals surface area contributed by atoms with Gasteiger partial charge in [-0.2, -0.15) is 0 Å². The summed E-state index contributed by atoms with van der Waals surface area (Å²) in [4.78, 5) is 26.2. The number of benzene rings is 2. The Labute approximate surface area is 160 Å². The fourth-order valence-electron chi connectivity index (χ4n) is 3.27. The van der Waals surface area contributed by atoms with Crippen LogP contribution < -0.4 is 15.0 Å². The van der Waals surface area contributed by atoms with Crippen molar-refractivity contribution in [2.45, 2.75) is 46.2 Å². The lowest BCUT2D eigenvalue weighted by Crippen LogP contribution is -2.36. The molecule has 2 aromatic carbocycles. The number of nitrogens with one attached hydrogen (secondary N) is 1. The number of hydrogen-bond acceptors (Lipinski definition) is 3. The molecular formula is C22H26N2O3. The van der Waals surface area contributed by atoms with Crippen LogP contribution in [0, 0.1) is 6.92 Å². The van der Waals surface area contributed by atoms with E-state index in [4.69, 9.17) is 4.74 Å². The van der Waals surface area contributed by atoms with Crippen molar-refractivity contribution in [3.63, 3.8) is 0 Å². The van der Waals surface area contributed by atoms with Gasteiger partial charge in [0.25, 0.3) is 5.91 Å². The summed E-state index contributed by atoms with van der Waals surface area (Å²) < 4.78 is 5.69. The topological polar surface area (TPSA) is 58.6 Å². The zero-order valence-corrected chi connectivity index (χ0v) is 16.1. The molecule has 1 aliphatic rings. The first-order valence-electron chi connectivity index (χ1n) is 9.40. The Hall–Kier alpha value is -2.82. The molecule has 0 saturated heterocycles. The van der Waals surface area contributed by atoms with Crippen LogP contribution in [0.4, 0.5) is 5.69 Å². The first kappa shape index (κ1) is 19.0. The van der Waals surface area contributed by atoms with Gasteiger partial charge in [0, 0.05) is 18.2 Å². The van der Waals surface area contributed by atoms with Crippen molar-refractivity contribution in [1.29, 1.82) is 0 Å². The zero-order chi connectivity index (χ0) is 19.4. The average Bonchev–Trinajstić information content (AvgIpc) is 2.88. The van der Waals surface area contributed by atoms with Crippen molar-refractivity contribution in [2.75, 3.05) is 11.5 Å². The van der Waals surface area contributed by atoms with Gasteiger partial charge < -0.3 is 15.0 Å². The number of nitrogens with zero attached hydrogens (tertiary/aromatic N) is 1. The van der Waals surface area contributed by atoms with Gasteiger partial charge in [-0.15, -0.1) is 0 Å². The lowest BCUT2D eigenvalue weighted by molar-refractivity contribution is -0.126. The van der Waals surface area contributed by atoms with Gasteiger partial charge in [0.15, 0.2) is 0 Å². The molecule has 2 aromatic rings. The van der Waals surface area contributed by atoms with E-state index >= 15 is 0 Å². The third-order valence-electron chi connectivity index (χ3n) is 4.68. The van der Waals surface area contributed by atoms with Gasteiger partial charge in [0.2, 0.25) is 5.91 Å². The van der Waals surface area contributed by atoms with Crippen LogP contribution in [0.3, 0.4) is 0 Å². The Kier molecular flexibility index (Phi) is 5.79. The Morgan fingerprint density at radius 1 is 1.19 bits per heavy atom. The first-order chi connectivity index (χ1) is 13.0. The van der Waals surface area contributed by atoms with E-state index in [1.54, 1.807) is 4.90 Å². The summed E-state index contributed by atoms with van der Waals surface area (Å²) in [6.45, 7) is 6.72. The summed E-state index contributed by atoms with van der Waals surface area (Å²) in [6.07, 6.45) is 2.13. The minimum absolute atomic E-state index is 0.103. The first-order valence-corrected chi connectivity index (χ1v) is 9.40. The van der Waals surface area contributed by atoms with Gasteiger partial charge in [0.1, 0.15) is 11.8 Å². The summed E-state index contributed by atoms with van der Waals surface area (Å²) in [5, 5.41) is 2.78. The Morgan fingerprint density at radius 2 is 1.93 bits per heavy atom. The van der Waals surface area contributed by atoms with E-state index in [0.717, 1.165) is 41.0 Å². The summed E-state index contributed by atoms with van der Waals surface area (Å²) in [5.74, 6) is 0.525. The molecule has 0 bridgehead atoms. The fourth-order valence-corrected chi connectivity index (χ4v) is 3.27. The molecule has 5 heteroatoms. The number of ether oxygens (including phenoxy) is 1. The lowest BCUT2D eigenvalue weighted by atomic mass is 10.1. The zero-order valence-electron chi connectivity index (χ0n) is 16.1. The van der Waals surface area contributed by atoms with E-state index < -0.39 is 6.04 Å². The van der Waals surface area contributed by atoms with Crippen LogP contribution >= 0.6 is 0 Å². The third kappa shape index (κ3) is 4.30. The summed E-state index contributed by atoms with van der Waals surface area (Å²) >= 11 is 0. The van der Waals surface area contributed by atoms with Crippen molar-refractivity contribution in [3.05, 3.63) is 59.2 Å². The number of fused-ring (bicyclic) bond motifs is 1. The largest absolute Gasteiger partial charge is 0.494 e. The van der Waals surface area contributed by atoms with Gasteiger partial charge in [-0.1, -0.05) is 43.2 Å². The maximum Gasteiger partial charge on any atom is 0.254 e. The minimum Gasteiger partial charge on any atom is -0.494 e. The highest BCUT2D eigenvalue weighted by atomic mass is 16.5. The molecule has 0 radical (unpaired) electrons. The molecule has 2 amide bonds. The van der Waals surface area contributed by atoms with Gasteiger partial charge in [-0.05, 0) is 37.1 Å². The average molecular weight is 366 g/mol. The number of amides is 2. The molecule has 0 aliphatic carbocycles. The third-order valence-corrected chi connectivity index (χ3v) is 4.68. The van der Waals surface area contributed by atoms with Crippen LogP contribution in [0.2, 0.25) is 0 Å². The highest BCUT2D eigenvalue weighted by Crippen LogP contribution is 2.37. The molecule has 1 unspecified atom stereocenters. The van der Waals surface area contributed by atoms with Gasteiger partial charge >= 0.3 is 0 Å². The van der Waals surface area contributed by atoms with Crippen LogP contribution in [-0.4, -0.2) is 18.4 Å². The van der Waals surface area contributed by atoms with Gasteiger partial charge in [-0.3, -0.25) is 9.59 Å². The lowest BCUT2D eigenvalue weighted by Gasteiger charge is -2.18. The van der Waals surface area contributed by atoms with Crippen molar-refractivity contribution in [2.24, 2.45) is 0 Å². The molecule has 0 aromatic heterocycles. The summed E-state index contributed by atoms with van der Waals surface area (Å²) in [5.41, 5.74) is 3.79. The molecule has 142 valence electrons. The molecule has 0 spiro atoms. The summed E-state index contributed by atoms with van der Waals surface area (Å²) in [7, 11) is 0. The standard InChI is InChI=1S/C22H26N2O3/c1-4-5-12-27-18-9-7-17(8-10-18)14-24-20-11-6-15(2)13-19(20)21(22(24)26)23-16(3)25/h6-11,13,21H,4-5,12,14H2,1-3H3,(H,23,25). The molecule has 27 heavy (non-hydrogen) atoms. The molecule has 1 aliphatic heterocycles. The quantitative estimate of drug-likeness (QED) is 0.756. The number of rotatable bonds is 7. The van der Waals surface area contributed by atoms with E-state index in [9.17, 15) is 9.59 Å². The molecular weight excluding hydrogens is 340 g/mol. The maximum atomic E-state index is 12.9. The normalized spacial score (nSPS) is 15.6. The predicted molar refractivity (Wildman–Crippen MR) is 106 cm³/mol. The highest BCUT2D eigenvalue weighted by molar-refractivity contribution is 6.06. The van der Waals surface area contributed by atoms with E-state index in [0.29, 0.717) is 13.2 Å². The number of aryl methyl sites for hydroxylation is 1. The van der Waals surface area contributed by atoms with Crippen LogP contribution in [-0.2, 0) is 16.1 Å². The summed E-state index contributed by atoms with van der Waals surface area (Å²) in [6, 6.07) is 13.1. The molecule has 1 atom stereocenters. The number of carbonyl (C=O) groups excluding carboxylic acids is 2. The smallest absolute Gasteiger partial charge is 0.254 e. The molecule has 3 rings (SSSR count). The van der Waals surface area contributed by atoms with E-state index in [1.165, 1.54) is 6.92 Å². The second-order valence-electron chi connectivity index (χ2n) is 6.97. The molecule has 5 nitrogen and oxygen atoms in total.